The van der Waals surface area contributed by atoms with Crippen molar-refractivity contribution in [3.63, 3.8) is 0 Å². The Bertz CT molecular complexity index is 1210. The molecule has 24 heavy (non-hydrogen) atoms. The molecule has 0 atom stereocenters. The molecule has 1 aliphatic heterocycles. The first-order valence-electron chi connectivity index (χ1n) is 6.67. The molecule has 0 saturated heterocycles. The van der Waals surface area contributed by atoms with Crippen molar-refractivity contribution < 1.29 is 13.6 Å². The molecule has 0 saturated carbocycles. The fourth-order valence-corrected chi connectivity index (χ4v) is 4.79. The predicted molar refractivity (Wildman–Crippen MR) is 89.1 cm³/mol. The summed E-state index contributed by atoms with van der Waals surface area (Å²) in [7, 11) is -4.03. The van der Waals surface area contributed by atoms with Gasteiger partial charge in [0.05, 0.1) is 11.6 Å². The second-order valence-corrected chi connectivity index (χ2v) is 7.72. The van der Waals surface area contributed by atoms with E-state index in [9.17, 15) is 13.6 Å². The van der Waals surface area contributed by atoms with Gasteiger partial charge in [-0.2, -0.15) is 12.8 Å². The van der Waals surface area contributed by atoms with Gasteiger partial charge in [0.25, 0.3) is 0 Å². The van der Waals surface area contributed by atoms with Gasteiger partial charge < -0.3 is 5.21 Å². The van der Waals surface area contributed by atoms with Crippen molar-refractivity contribution in [1.29, 1.82) is 0 Å². The summed E-state index contributed by atoms with van der Waals surface area (Å²) in [5.74, 6) is 0. The quantitative estimate of drug-likeness (QED) is 0.541. The summed E-state index contributed by atoms with van der Waals surface area (Å²) >= 11 is 7.26. The Hall–Kier alpha value is -2.36. The number of sulfonamides is 1. The number of benzene rings is 1. The van der Waals surface area contributed by atoms with E-state index >= 15 is 0 Å². The maximum atomic E-state index is 12.6. The van der Waals surface area contributed by atoms with Gasteiger partial charge in [-0.3, -0.25) is 4.40 Å². The van der Waals surface area contributed by atoms with Gasteiger partial charge in [0, 0.05) is 23.3 Å². The molecule has 0 bridgehead atoms. The van der Waals surface area contributed by atoms with Gasteiger partial charge in [-0.05, 0) is 23.8 Å². The van der Waals surface area contributed by atoms with Crippen LogP contribution in [0.5, 0.6) is 0 Å². The number of halogens is 1. The lowest BCUT2D eigenvalue weighted by Gasteiger charge is -2.06. The fraction of sp³-hybridized carbons (Fsp3) is 0. The average molecular weight is 381 g/mol. The zero-order chi connectivity index (χ0) is 16.9. The van der Waals surface area contributed by atoms with Gasteiger partial charge >= 0.3 is 10.0 Å². The number of hydrogen-bond acceptors (Lipinski definition) is 5. The predicted octanol–water partition coefficient (Wildman–Crippen LogP) is 2.48. The molecule has 2 aromatic heterocycles. The van der Waals surface area contributed by atoms with Gasteiger partial charge in [0.2, 0.25) is 5.03 Å². The second-order valence-electron chi connectivity index (χ2n) is 4.97. The number of thiazole rings is 1. The van der Waals surface area contributed by atoms with E-state index in [1.54, 1.807) is 35.8 Å². The lowest BCUT2D eigenvalue weighted by molar-refractivity contribution is 0.185. The number of aromatic nitrogens is 3. The van der Waals surface area contributed by atoms with E-state index in [4.69, 9.17) is 11.6 Å². The van der Waals surface area contributed by atoms with E-state index in [0.29, 0.717) is 4.96 Å². The number of rotatable bonds is 2. The lowest BCUT2D eigenvalue weighted by Crippen LogP contribution is -2.10. The Balaban J connectivity index is 1.91. The largest absolute Gasteiger partial charge is 0.429 e. The molecule has 2 aliphatic rings. The van der Waals surface area contributed by atoms with Crippen molar-refractivity contribution in [2.75, 3.05) is 0 Å². The SMILES string of the molecule is O=S(=O)(/N=c1/ccc2cn(O)ccc-2c1)c1c(Cl)nc2sccn12. The maximum Gasteiger partial charge on any atom is 0.302 e. The van der Waals surface area contributed by atoms with Crippen molar-refractivity contribution in [1.82, 2.24) is 14.1 Å². The van der Waals surface area contributed by atoms with Crippen LogP contribution < -0.4 is 5.36 Å². The molecule has 0 fully saturated rings. The Morgan fingerprint density at radius 2 is 2.04 bits per heavy atom. The summed E-state index contributed by atoms with van der Waals surface area (Å²) in [5, 5.41) is 11.1. The van der Waals surface area contributed by atoms with Crippen LogP contribution in [0.2, 0.25) is 5.15 Å². The Kier molecular flexibility index (Phi) is 3.37. The van der Waals surface area contributed by atoms with Gasteiger partial charge in [0.1, 0.15) is 0 Å². The normalized spacial score (nSPS) is 13.1. The summed E-state index contributed by atoms with van der Waals surface area (Å²) in [5.41, 5.74) is 1.50. The third kappa shape index (κ3) is 2.46. The highest BCUT2D eigenvalue weighted by atomic mass is 35.5. The molecule has 0 radical (unpaired) electrons. The minimum Gasteiger partial charge on any atom is -0.429 e. The van der Waals surface area contributed by atoms with Crippen LogP contribution in [0, 0.1) is 0 Å². The highest BCUT2D eigenvalue weighted by molar-refractivity contribution is 7.90. The van der Waals surface area contributed by atoms with Crippen LogP contribution in [-0.2, 0) is 10.0 Å². The minimum atomic E-state index is -4.03. The summed E-state index contributed by atoms with van der Waals surface area (Å²) in [4.78, 5) is 4.50. The molecule has 0 aromatic carbocycles. The Morgan fingerprint density at radius 3 is 2.88 bits per heavy atom. The first kappa shape index (κ1) is 15.2. The van der Waals surface area contributed by atoms with Crippen molar-refractivity contribution in [3.8, 4) is 11.1 Å². The zero-order valence-corrected chi connectivity index (χ0v) is 14.3. The highest BCUT2D eigenvalue weighted by Gasteiger charge is 2.24. The van der Waals surface area contributed by atoms with Crippen molar-refractivity contribution in [2.45, 2.75) is 5.03 Å². The molecule has 1 aliphatic carbocycles. The van der Waals surface area contributed by atoms with Crippen molar-refractivity contribution in [2.24, 2.45) is 4.40 Å². The molecule has 1 N–H and O–H groups in total. The standard InChI is InChI=1S/C14H9ClN4O3S2/c15-12-13(19-5-6-23-14(19)16-12)24(21,22)17-11-2-1-10-8-18(20)4-3-9(10)7-11/h1-8,20H/b17-11-. The molecule has 2 aromatic rings. The molecule has 0 spiro atoms. The van der Waals surface area contributed by atoms with Crippen LogP contribution >= 0.6 is 22.9 Å². The van der Waals surface area contributed by atoms with Gasteiger partial charge in [-0.25, -0.2) is 9.71 Å². The number of fused-ring (bicyclic) bond motifs is 2. The topological polar surface area (TPSA) is 89.0 Å². The zero-order valence-electron chi connectivity index (χ0n) is 11.9. The van der Waals surface area contributed by atoms with E-state index in [1.807, 2.05) is 0 Å². The minimum absolute atomic E-state index is 0.104. The second kappa shape index (κ2) is 5.33. The van der Waals surface area contributed by atoms with Crippen LogP contribution in [0.4, 0.5) is 0 Å². The summed E-state index contributed by atoms with van der Waals surface area (Å²) < 4.78 is 31.5. The van der Waals surface area contributed by atoms with Gasteiger partial charge in [0.15, 0.2) is 10.1 Å². The average Bonchev–Trinajstić information content (AvgIpc) is 3.06. The van der Waals surface area contributed by atoms with Gasteiger partial charge in [-0.1, -0.05) is 17.7 Å². The lowest BCUT2D eigenvalue weighted by atomic mass is 10.1. The molecule has 0 unspecified atom stereocenters. The first-order chi connectivity index (χ1) is 11.4. The Labute approximate surface area is 145 Å². The van der Waals surface area contributed by atoms with Gasteiger partial charge in [-0.15, -0.1) is 11.3 Å². The van der Waals surface area contributed by atoms with E-state index in [0.717, 1.165) is 15.9 Å². The molecular formula is C14H9ClN4O3S2. The maximum absolute atomic E-state index is 12.6. The Morgan fingerprint density at radius 1 is 1.21 bits per heavy atom. The third-order valence-electron chi connectivity index (χ3n) is 3.40. The monoisotopic (exact) mass is 380 g/mol. The molecule has 7 nitrogen and oxygen atoms in total. The molecule has 10 heteroatoms. The van der Waals surface area contributed by atoms with E-state index in [1.165, 1.54) is 28.1 Å². The first-order valence-corrected chi connectivity index (χ1v) is 9.37. The van der Waals surface area contributed by atoms with Crippen molar-refractivity contribution >= 4 is 37.9 Å². The molecular weight excluding hydrogens is 372 g/mol. The van der Waals surface area contributed by atoms with Crippen LogP contribution in [0.1, 0.15) is 0 Å². The fourth-order valence-electron chi connectivity index (χ4n) is 2.37. The molecule has 3 heterocycles. The van der Waals surface area contributed by atoms with E-state index < -0.39 is 10.0 Å². The number of imidazole rings is 1. The number of nitrogens with zero attached hydrogens (tertiary/aromatic N) is 4. The van der Waals surface area contributed by atoms with Crippen LogP contribution in [0.25, 0.3) is 16.1 Å². The molecule has 0 amide bonds. The summed E-state index contributed by atoms with van der Waals surface area (Å²) in [6.45, 7) is 0. The van der Waals surface area contributed by atoms with Crippen LogP contribution in [0.3, 0.4) is 0 Å². The van der Waals surface area contributed by atoms with Crippen LogP contribution in [0.15, 0.2) is 57.7 Å². The summed E-state index contributed by atoms with van der Waals surface area (Å²) in [6, 6.07) is 6.50. The molecule has 122 valence electrons. The number of pyridine rings is 1. The highest BCUT2D eigenvalue weighted by Crippen LogP contribution is 2.26. The van der Waals surface area contributed by atoms with Crippen molar-refractivity contribution in [3.05, 3.63) is 58.7 Å². The van der Waals surface area contributed by atoms with E-state index in [-0.39, 0.29) is 15.5 Å². The number of hydrogen-bond donors (Lipinski definition) is 1. The molecule has 4 rings (SSSR count). The third-order valence-corrected chi connectivity index (χ3v) is 5.86. The smallest absolute Gasteiger partial charge is 0.302 e. The van der Waals surface area contributed by atoms with E-state index in [2.05, 4.69) is 9.38 Å². The summed E-state index contributed by atoms with van der Waals surface area (Å²) in [6.07, 6.45) is 4.54. The van der Waals surface area contributed by atoms with Crippen LogP contribution in [-0.4, -0.2) is 27.7 Å².